The van der Waals surface area contributed by atoms with Crippen LogP contribution in [0.2, 0.25) is 0 Å². The maximum atomic E-state index is 11.3. The zero-order valence-corrected chi connectivity index (χ0v) is 9.02. The van der Waals surface area contributed by atoms with Gasteiger partial charge in [0.2, 0.25) is 0 Å². The minimum atomic E-state index is -2.77. The summed E-state index contributed by atoms with van der Waals surface area (Å²) >= 11 is 0. The number of hydrogen-bond donors (Lipinski definition) is 1. The molecule has 1 aliphatic heterocycles. The SMILES string of the molecule is CC1(C)CC1(N)C1CCS(=O)(=O)C1. The molecule has 2 aliphatic rings. The van der Waals surface area contributed by atoms with Gasteiger partial charge in [0.15, 0.2) is 9.84 Å². The minimum absolute atomic E-state index is 0.150. The molecule has 0 bridgehead atoms. The van der Waals surface area contributed by atoms with E-state index < -0.39 is 9.84 Å². The molecule has 0 amide bonds. The largest absolute Gasteiger partial charge is 0.324 e. The van der Waals surface area contributed by atoms with Crippen LogP contribution in [0.5, 0.6) is 0 Å². The van der Waals surface area contributed by atoms with Crippen LogP contribution < -0.4 is 5.73 Å². The molecule has 1 aliphatic carbocycles. The van der Waals surface area contributed by atoms with Gasteiger partial charge in [-0.05, 0) is 24.2 Å². The Morgan fingerprint density at radius 1 is 1.38 bits per heavy atom. The van der Waals surface area contributed by atoms with E-state index in [9.17, 15) is 8.42 Å². The lowest BCUT2D eigenvalue weighted by Crippen LogP contribution is -2.38. The van der Waals surface area contributed by atoms with Crippen molar-refractivity contribution in [3.05, 3.63) is 0 Å². The molecule has 0 aromatic carbocycles. The van der Waals surface area contributed by atoms with Crippen LogP contribution in [0.15, 0.2) is 0 Å². The fraction of sp³-hybridized carbons (Fsp3) is 1.00. The first kappa shape index (κ1) is 9.46. The van der Waals surface area contributed by atoms with Crippen molar-refractivity contribution in [2.45, 2.75) is 32.2 Å². The van der Waals surface area contributed by atoms with E-state index in [1.807, 2.05) is 0 Å². The smallest absolute Gasteiger partial charge is 0.150 e. The Morgan fingerprint density at radius 2 is 1.92 bits per heavy atom. The Kier molecular flexibility index (Phi) is 1.66. The van der Waals surface area contributed by atoms with Gasteiger partial charge in [-0.3, -0.25) is 0 Å². The van der Waals surface area contributed by atoms with E-state index >= 15 is 0 Å². The van der Waals surface area contributed by atoms with Crippen LogP contribution in [-0.2, 0) is 9.84 Å². The van der Waals surface area contributed by atoms with Crippen molar-refractivity contribution in [1.82, 2.24) is 0 Å². The molecule has 2 fully saturated rings. The molecule has 4 heteroatoms. The van der Waals surface area contributed by atoms with Crippen molar-refractivity contribution in [3.8, 4) is 0 Å². The fourth-order valence-corrected chi connectivity index (χ4v) is 4.47. The predicted molar refractivity (Wildman–Crippen MR) is 52.1 cm³/mol. The van der Waals surface area contributed by atoms with Crippen molar-refractivity contribution in [3.63, 3.8) is 0 Å². The summed E-state index contributed by atoms with van der Waals surface area (Å²) in [6.07, 6.45) is 1.74. The van der Waals surface area contributed by atoms with Crippen LogP contribution in [0.1, 0.15) is 26.7 Å². The molecule has 2 atom stereocenters. The Balaban J connectivity index is 2.15. The summed E-state index contributed by atoms with van der Waals surface area (Å²) in [6, 6.07) is 0. The van der Waals surface area contributed by atoms with Crippen molar-refractivity contribution >= 4 is 9.84 Å². The zero-order chi connectivity index (χ0) is 9.91. The van der Waals surface area contributed by atoms with Gasteiger partial charge in [-0.2, -0.15) is 0 Å². The highest BCUT2D eigenvalue weighted by atomic mass is 32.2. The zero-order valence-electron chi connectivity index (χ0n) is 8.21. The highest BCUT2D eigenvalue weighted by Gasteiger charge is 2.63. The quantitative estimate of drug-likeness (QED) is 0.677. The van der Waals surface area contributed by atoms with E-state index in [0.29, 0.717) is 11.5 Å². The molecule has 0 aromatic heterocycles. The molecule has 13 heavy (non-hydrogen) atoms. The molecule has 0 aromatic rings. The first-order valence-corrected chi connectivity index (χ1v) is 6.58. The van der Waals surface area contributed by atoms with Gasteiger partial charge < -0.3 is 5.73 Å². The summed E-state index contributed by atoms with van der Waals surface area (Å²) in [7, 11) is -2.77. The highest BCUT2D eigenvalue weighted by molar-refractivity contribution is 7.91. The lowest BCUT2D eigenvalue weighted by molar-refractivity contribution is 0.366. The van der Waals surface area contributed by atoms with Crippen LogP contribution in [0.3, 0.4) is 0 Å². The topological polar surface area (TPSA) is 60.2 Å². The summed E-state index contributed by atoms with van der Waals surface area (Å²) in [5, 5.41) is 0. The molecule has 2 unspecified atom stereocenters. The molecule has 76 valence electrons. The summed E-state index contributed by atoms with van der Waals surface area (Å²) in [5.74, 6) is 0.854. The second kappa shape index (κ2) is 2.28. The first-order valence-electron chi connectivity index (χ1n) is 4.76. The number of nitrogens with two attached hydrogens (primary N) is 1. The molecule has 3 nitrogen and oxygen atoms in total. The van der Waals surface area contributed by atoms with Crippen LogP contribution >= 0.6 is 0 Å². The molecule has 1 heterocycles. The second-order valence-electron chi connectivity index (χ2n) is 5.20. The first-order chi connectivity index (χ1) is 5.77. The predicted octanol–water partition coefficient (Wildman–Crippen LogP) is 0.548. The molecule has 0 radical (unpaired) electrons. The van der Waals surface area contributed by atoms with Crippen molar-refractivity contribution < 1.29 is 8.42 Å². The van der Waals surface area contributed by atoms with E-state index in [2.05, 4.69) is 13.8 Å². The molecule has 2 rings (SSSR count). The standard InChI is InChI=1S/C9H17NO2S/c1-8(2)6-9(8,10)7-3-4-13(11,12)5-7/h7H,3-6,10H2,1-2H3. The van der Waals surface area contributed by atoms with Crippen LogP contribution in [0, 0.1) is 11.3 Å². The van der Waals surface area contributed by atoms with E-state index in [1.165, 1.54) is 0 Å². The maximum absolute atomic E-state index is 11.3. The average molecular weight is 203 g/mol. The summed E-state index contributed by atoms with van der Waals surface area (Å²) in [5.41, 5.74) is 6.14. The lowest BCUT2D eigenvalue weighted by Gasteiger charge is -2.21. The third kappa shape index (κ3) is 1.31. The fourth-order valence-electron chi connectivity index (χ4n) is 2.59. The van der Waals surface area contributed by atoms with Gasteiger partial charge in [0.05, 0.1) is 11.5 Å². The van der Waals surface area contributed by atoms with Gasteiger partial charge in [-0.25, -0.2) is 8.42 Å². The Bertz CT molecular complexity index is 334. The Labute approximate surface area is 79.6 Å². The Morgan fingerprint density at radius 3 is 2.23 bits per heavy atom. The maximum Gasteiger partial charge on any atom is 0.150 e. The Hall–Kier alpha value is -0.0900. The van der Waals surface area contributed by atoms with E-state index in [0.717, 1.165) is 12.8 Å². The van der Waals surface area contributed by atoms with Crippen LogP contribution in [0.4, 0.5) is 0 Å². The molecule has 1 saturated heterocycles. The van der Waals surface area contributed by atoms with Crippen LogP contribution in [-0.4, -0.2) is 25.5 Å². The van der Waals surface area contributed by atoms with E-state index in [1.54, 1.807) is 0 Å². The lowest BCUT2D eigenvalue weighted by atomic mass is 9.91. The molecular formula is C9H17NO2S. The third-order valence-electron chi connectivity index (χ3n) is 3.83. The van der Waals surface area contributed by atoms with Crippen molar-refractivity contribution in [2.24, 2.45) is 17.1 Å². The van der Waals surface area contributed by atoms with E-state index in [4.69, 9.17) is 5.73 Å². The molecule has 1 saturated carbocycles. The number of hydrogen-bond acceptors (Lipinski definition) is 3. The summed E-state index contributed by atoms with van der Waals surface area (Å²) in [6.45, 7) is 4.25. The monoisotopic (exact) mass is 203 g/mol. The van der Waals surface area contributed by atoms with Crippen LogP contribution in [0.25, 0.3) is 0 Å². The van der Waals surface area contributed by atoms with Crippen molar-refractivity contribution in [1.29, 1.82) is 0 Å². The highest BCUT2D eigenvalue weighted by Crippen LogP contribution is 2.59. The summed E-state index contributed by atoms with van der Waals surface area (Å²) in [4.78, 5) is 0. The number of sulfone groups is 1. The minimum Gasteiger partial charge on any atom is -0.324 e. The second-order valence-corrected chi connectivity index (χ2v) is 7.43. The van der Waals surface area contributed by atoms with Crippen molar-refractivity contribution in [2.75, 3.05) is 11.5 Å². The average Bonchev–Trinajstić information content (AvgIpc) is 2.36. The number of rotatable bonds is 1. The van der Waals surface area contributed by atoms with Gasteiger partial charge in [0.1, 0.15) is 0 Å². The van der Waals surface area contributed by atoms with E-state index in [-0.39, 0.29) is 16.9 Å². The van der Waals surface area contributed by atoms with Gasteiger partial charge in [-0.15, -0.1) is 0 Å². The summed E-state index contributed by atoms with van der Waals surface area (Å²) < 4.78 is 22.5. The van der Waals surface area contributed by atoms with Gasteiger partial charge in [0, 0.05) is 5.54 Å². The molecule has 0 spiro atoms. The molecule has 2 N–H and O–H groups in total. The van der Waals surface area contributed by atoms with Gasteiger partial charge in [0.25, 0.3) is 0 Å². The third-order valence-corrected chi connectivity index (χ3v) is 5.60. The van der Waals surface area contributed by atoms with Gasteiger partial charge >= 0.3 is 0 Å². The van der Waals surface area contributed by atoms with Gasteiger partial charge in [-0.1, -0.05) is 13.8 Å². The normalized spacial score (nSPS) is 46.2. The molecular weight excluding hydrogens is 186 g/mol.